The first-order valence-electron chi connectivity index (χ1n) is 5.34. The Morgan fingerprint density at radius 1 is 1.39 bits per heavy atom. The average molecular weight is 264 g/mol. The largest absolute Gasteiger partial charge is 0.481 e. The molecule has 18 heavy (non-hydrogen) atoms. The van der Waals surface area contributed by atoms with Crippen molar-refractivity contribution in [3.05, 3.63) is 35.9 Å². The maximum Gasteiger partial charge on any atom is 0.318 e. The SMILES string of the molecule is CSC1=NC(c2ccccc2)C(C(=O)O)C(=O)N1. The van der Waals surface area contributed by atoms with E-state index in [4.69, 9.17) is 5.11 Å². The average Bonchev–Trinajstić information content (AvgIpc) is 2.38. The van der Waals surface area contributed by atoms with Gasteiger partial charge in [0, 0.05) is 0 Å². The van der Waals surface area contributed by atoms with Crippen molar-refractivity contribution >= 4 is 28.8 Å². The number of benzene rings is 1. The van der Waals surface area contributed by atoms with Gasteiger partial charge < -0.3 is 10.4 Å². The summed E-state index contributed by atoms with van der Waals surface area (Å²) in [7, 11) is 0. The maximum absolute atomic E-state index is 11.8. The third kappa shape index (κ3) is 2.38. The van der Waals surface area contributed by atoms with E-state index in [1.165, 1.54) is 11.8 Å². The zero-order valence-electron chi connectivity index (χ0n) is 9.66. The third-order valence-electron chi connectivity index (χ3n) is 2.69. The molecule has 1 aromatic carbocycles. The smallest absolute Gasteiger partial charge is 0.318 e. The standard InChI is InChI=1S/C12H12N2O3S/c1-18-12-13-9(7-5-3-2-4-6-7)8(11(16)17)10(15)14-12/h2-6,8-9H,1H3,(H,16,17)(H,13,14,15). The lowest BCUT2D eigenvalue weighted by Gasteiger charge is -2.25. The molecule has 0 radical (unpaired) electrons. The molecule has 0 saturated heterocycles. The highest BCUT2D eigenvalue weighted by molar-refractivity contribution is 8.13. The number of aliphatic carboxylic acids is 1. The van der Waals surface area contributed by atoms with E-state index in [0.29, 0.717) is 5.17 Å². The maximum atomic E-state index is 11.8. The summed E-state index contributed by atoms with van der Waals surface area (Å²) in [4.78, 5) is 27.3. The Labute approximate surface area is 108 Å². The van der Waals surface area contributed by atoms with E-state index in [9.17, 15) is 9.59 Å². The molecule has 1 aliphatic heterocycles. The highest BCUT2D eigenvalue weighted by atomic mass is 32.2. The molecule has 0 saturated carbocycles. The quantitative estimate of drug-likeness (QED) is 0.789. The second kappa shape index (κ2) is 5.22. The molecule has 0 bridgehead atoms. The van der Waals surface area contributed by atoms with Crippen LogP contribution in [-0.4, -0.2) is 28.4 Å². The second-order valence-corrected chi connectivity index (χ2v) is 4.59. The van der Waals surface area contributed by atoms with Gasteiger partial charge in [-0.05, 0) is 11.8 Å². The molecule has 94 valence electrons. The topological polar surface area (TPSA) is 78.8 Å². The lowest BCUT2D eigenvalue weighted by molar-refractivity contribution is -0.147. The molecule has 2 rings (SSSR count). The van der Waals surface area contributed by atoms with Gasteiger partial charge in [0.25, 0.3) is 0 Å². The second-order valence-electron chi connectivity index (χ2n) is 3.80. The predicted molar refractivity (Wildman–Crippen MR) is 69.4 cm³/mol. The molecule has 2 N–H and O–H groups in total. The number of nitrogens with one attached hydrogen (secondary N) is 1. The molecule has 5 nitrogen and oxygen atoms in total. The molecular weight excluding hydrogens is 252 g/mol. The van der Waals surface area contributed by atoms with Crippen LogP contribution in [0.15, 0.2) is 35.3 Å². The first-order chi connectivity index (χ1) is 8.63. The number of aliphatic imine (C=N–C) groups is 1. The van der Waals surface area contributed by atoms with Gasteiger partial charge in [-0.1, -0.05) is 42.1 Å². The Bertz CT molecular complexity index is 501. The van der Waals surface area contributed by atoms with Gasteiger partial charge in [-0.25, -0.2) is 0 Å². The number of rotatable bonds is 2. The molecule has 6 heteroatoms. The van der Waals surface area contributed by atoms with Gasteiger partial charge in [-0.3, -0.25) is 14.6 Å². The van der Waals surface area contributed by atoms with Gasteiger partial charge in [0.05, 0.1) is 0 Å². The van der Waals surface area contributed by atoms with Crippen LogP contribution in [-0.2, 0) is 9.59 Å². The number of amidine groups is 1. The molecule has 0 fully saturated rings. The fourth-order valence-corrected chi connectivity index (χ4v) is 2.25. The molecule has 0 spiro atoms. The van der Waals surface area contributed by atoms with Gasteiger partial charge >= 0.3 is 5.97 Å². The summed E-state index contributed by atoms with van der Waals surface area (Å²) in [6.45, 7) is 0. The summed E-state index contributed by atoms with van der Waals surface area (Å²) in [5.41, 5.74) is 0.728. The van der Waals surface area contributed by atoms with E-state index in [-0.39, 0.29) is 0 Å². The Hall–Kier alpha value is -1.82. The summed E-state index contributed by atoms with van der Waals surface area (Å²) < 4.78 is 0. The first kappa shape index (κ1) is 12.6. The van der Waals surface area contributed by atoms with E-state index in [2.05, 4.69) is 10.3 Å². The summed E-state index contributed by atoms with van der Waals surface area (Å²) in [5.74, 6) is -2.86. The zero-order valence-corrected chi connectivity index (χ0v) is 10.5. The van der Waals surface area contributed by atoms with Crippen LogP contribution in [0.5, 0.6) is 0 Å². The Morgan fingerprint density at radius 2 is 2.06 bits per heavy atom. The molecule has 1 aromatic rings. The number of carboxylic acid groups (broad SMARTS) is 1. The molecule has 0 aliphatic carbocycles. The van der Waals surface area contributed by atoms with Crippen molar-refractivity contribution in [2.24, 2.45) is 10.9 Å². The summed E-state index contributed by atoms with van der Waals surface area (Å²) >= 11 is 1.29. The van der Waals surface area contributed by atoms with Crippen molar-refractivity contribution in [1.82, 2.24) is 5.32 Å². The minimum atomic E-state index is -1.18. The summed E-state index contributed by atoms with van der Waals surface area (Å²) in [5, 5.41) is 12.1. The molecule has 1 heterocycles. The Balaban J connectivity index is 2.44. The normalized spacial score (nSPS) is 23.2. The van der Waals surface area contributed by atoms with Gasteiger partial charge in [0.1, 0.15) is 6.04 Å². The number of carbonyl (C=O) groups is 2. The predicted octanol–water partition coefficient (Wildman–Crippen LogP) is 1.28. The number of carboxylic acids is 1. The van der Waals surface area contributed by atoms with Crippen LogP contribution in [0.1, 0.15) is 11.6 Å². The van der Waals surface area contributed by atoms with Crippen molar-refractivity contribution in [1.29, 1.82) is 0 Å². The molecule has 2 unspecified atom stereocenters. The number of carbonyl (C=O) groups excluding carboxylic acids is 1. The van der Waals surface area contributed by atoms with Gasteiger partial charge in [0.15, 0.2) is 11.1 Å². The lowest BCUT2D eigenvalue weighted by Crippen LogP contribution is -2.44. The number of nitrogens with zero attached hydrogens (tertiary/aromatic N) is 1. The Morgan fingerprint density at radius 3 is 2.61 bits per heavy atom. The van der Waals surface area contributed by atoms with E-state index < -0.39 is 23.8 Å². The van der Waals surface area contributed by atoms with Crippen molar-refractivity contribution in [3.63, 3.8) is 0 Å². The van der Waals surface area contributed by atoms with E-state index in [1.807, 2.05) is 6.07 Å². The third-order valence-corrected chi connectivity index (χ3v) is 3.28. The summed E-state index contributed by atoms with van der Waals surface area (Å²) in [6, 6.07) is 8.33. The molecule has 1 aliphatic rings. The number of amides is 1. The fourth-order valence-electron chi connectivity index (χ4n) is 1.83. The molecule has 1 amide bonds. The molecular formula is C12H12N2O3S. The number of hydrogen-bond donors (Lipinski definition) is 2. The van der Waals surface area contributed by atoms with Crippen LogP contribution < -0.4 is 5.32 Å². The van der Waals surface area contributed by atoms with Crippen molar-refractivity contribution in [2.75, 3.05) is 6.26 Å². The zero-order chi connectivity index (χ0) is 13.1. The number of hydrogen-bond acceptors (Lipinski definition) is 4. The van der Waals surface area contributed by atoms with Crippen LogP contribution in [0.4, 0.5) is 0 Å². The van der Waals surface area contributed by atoms with Crippen LogP contribution in [0.2, 0.25) is 0 Å². The number of thioether (sulfide) groups is 1. The van der Waals surface area contributed by atoms with Crippen LogP contribution in [0.25, 0.3) is 0 Å². The van der Waals surface area contributed by atoms with Gasteiger partial charge in [-0.15, -0.1) is 0 Å². The van der Waals surface area contributed by atoms with Crippen LogP contribution in [0, 0.1) is 5.92 Å². The van der Waals surface area contributed by atoms with Gasteiger partial charge in [-0.2, -0.15) is 0 Å². The highest BCUT2D eigenvalue weighted by Crippen LogP contribution is 2.30. The van der Waals surface area contributed by atoms with Gasteiger partial charge in [0.2, 0.25) is 5.91 Å². The van der Waals surface area contributed by atoms with Crippen LogP contribution >= 0.6 is 11.8 Å². The highest BCUT2D eigenvalue weighted by Gasteiger charge is 2.39. The van der Waals surface area contributed by atoms with E-state index in [0.717, 1.165) is 5.56 Å². The minimum Gasteiger partial charge on any atom is -0.481 e. The van der Waals surface area contributed by atoms with Crippen LogP contribution in [0.3, 0.4) is 0 Å². The molecule has 2 atom stereocenters. The van der Waals surface area contributed by atoms with Crippen molar-refractivity contribution in [2.45, 2.75) is 6.04 Å². The Kier molecular flexibility index (Phi) is 3.66. The van der Waals surface area contributed by atoms with E-state index in [1.54, 1.807) is 30.5 Å². The first-order valence-corrected chi connectivity index (χ1v) is 6.56. The van der Waals surface area contributed by atoms with Crippen molar-refractivity contribution in [3.8, 4) is 0 Å². The van der Waals surface area contributed by atoms with E-state index >= 15 is 0 Å². The molecule has 0 aromatic heterocycles. The monoisotopic (exact) mass is 264 g/mol. The lowest BCUT2D eigenvalue weighted by atomic mass is 9.92. The summed E-state index contributed by atoms with van der Waals surface area (Å²) in [6.07, 6.45) is 1.78. The van der Waals surface area contributed by atoms with Crippen molar-refractivity contribution < 1.29 is 14.7 Å². The minimum absolute atomic E-state index is 0.450. The fraction of sp³-hybridized carbons (Fsp3) is 0.250.